The first-order valence-electron chi connectivity index (χ1n) is 15.6. The van der Waals surface area contributed by atoms with E-state index in [1.807, 2.05) is 0 Å². The number of aromatic nitrogens is 3. The number of hydrogen-bond acceptors (Lipinski definition) is 7. The summed E-state index contributed by atoms with van der Waals surface area (Å²) < 4.78 is 2.35. The molecule has 44 heavy (non-hydrogen) atoms. The number of nitrogens with zero attached hydrogens (tertiary/aromatic N) is 8. The second-order valence-corrected chi connectivity index (χ2v) is 12.1. The monoisotopic (exact) mass is 592 g/mol. The number of carbonyl (C=O) groups is 2. The number of rotatable bonds is 7. The van der Waals surface area contributed by atoms with Gasteiger partial charge in [0.15, 0.2) is 0 Å². The lowest BCUT2D eigenvalue weighted by atomic mass is 9.91. The third-order valence-electron chi connectivity index (χ3n) is 9.49. The maximum atomic E-state index is 13.4. The van der Waals surface area contributed by atoms with Gasteiger partial charge in [0.1, 0.15) is 5.82 Å². The minimum absolute atomic E-state index is 0.0243. The van der Waals surface area contributed by atoms with Gasteiger partial charge in [-0.1, -0.05) is 31.4 Å². The largest absolute Gasteiger partial charge is 0.352 e. The van der Waals surface area contributed by atoms with Crippen LogP contribution in [-0.4, -0.2) is 88.0 Å². The number of nitriles is 1. The molecule has 2 atom stereocenters. The number of anilines is 2. The highest BCUT2D eigenvalue weighted by Crippen LogP contribution is 2.37. The highest BCUT2D eigenvalue weighted by atomic mass is 16.2. The van der Waals surface area contributed by atoms with Crippen LogP contribution in [0.3, 0.4) is 0 Å². The topological polar surface area (TPSA) is 102 Å². The second kappa shape index (κ2) is 12.6. The van der Waals surface area contributed by atoms with Crippen molar-refractivity contribution in [1.29, 1.82) is 5.26 Å². The quantitative estimate of drug-likeness (QED) is 0.384. The van der Waals surface area contributed by atoms with E-state index in [4.69, 9.17) is 9.97 Å². The number of benzene rings is 1. The first-order valence-corrected chi connectivity index (χ1v) is 15.6. The predicted molar refractivity (Wildman–Crippen MR) is 171 cm³/mol. The zero-order valence-electron chi connectivity index (χ0n) is 25.4. The van der Waals surface area contributed by atoms with E-state index in [2.05, 4.69) is 77.2 Å². The van der Waals surface area contributed by atoms with Crippen LogP contribution in [0.5, 0.6) is 0 Å². The van der Waals surface area contributed by atoms with Crippen LogP contribution in [-0.2, 0) is 22.4 Å². The van der Waals surface area contributed by atoms with E-state index in [1.165, 1.54) is 23.1 Å². The minimum Gasteiger partial charge on any atom is -0.352 e. The molecule has 0 radical (unpaired) electrons. The zero-order chi connectivity index (χ0) is 30.8. The zero-order valence-corrected chi connectivity index (χ0v) is 25.4. The van der Waals surface area contributed by atoms with Crippen LogP contribution in [0.1, 0.15) is 43.0 Å². The van der Waals surface area contributed by atoms with Gasteiger partial charge in [0.2, 0.25) is 11.9 Å². The average molecular weight is 593 g/mol. The van der Waals surface area contributed by atoms with Gasteiger partial charge in [-0.2, -0.15) is 10.2 Å². The number of fused-ring (bicyclic) bond motifs is 2. The SMILES string of the molecule is C=CC(=O)N1CCN(c2nc(N(C(=O)C=C)C3CCN(C)CC3)nc3c2CCC(n2ccc4ccccc42)C3)CC1CC#N. The number of piperazine rings is 1. The lowest BCUT2D eigenvalue weighted by molar-refractivity contribution is -0.128. The minimum atomic E-state index is -0.282. The fourth-order valence-corrected chi connectivity index (χ4v) is 7.12. The Bertz CT molecular complexity index is 1610. The summed E-state index contributed by atoms with van der Waals surface area (Å²) in [5.41, 5.74) is 3.25. The predicted octanol–water partition coefficient (Wildman–Crippen LogP) is 3.89. The lowest BCUT2D eigenvalue weighted by Gasteiger charge is -2.42. The van der Waals surface area contributed by atoms with Gasteiger partial charge in [-0.15, -0.1) is 0 Å². The van der Waals surface area contributed by atoms with Crippen LogP contribution in [0.2, 0.25) is 0 Å². The Labute approximate surface area is 258 Å². The molecule has 2 unspecified atom stereocenters. The summed E-state index contributed by atoms with van der Waals surface area (Å²) >= 11 is 0. The second-order valence-electron chi connectivity index (χ2n) is 12.1. The van der Waals surface area contributed by atoms with Gasteiger partial charge in [0.25, 0.3) is 5.91 Å². The van der Waals surface area contributed by atoms with E-state index in [1.54, 1.807) is 9.80 Å². The van der Waals surface area contributed by atoms with Crippen molar-refractivity contribution >= 4 is 34.5 Å². The molecule has 0 spiro atoms. The molecule has 0 N–H and O–H groups in total. The summed E-state index contributed by atoms with van der Waals surface area (Å²) in [6.07, 6.45) is 9.16. The Hall–Kier alpha value is -4.49. The van der Waals surface area contributed by atoms with Crippen LogP contribution in [0.25, 0.3) is 10.9 Å². The first-order chi connectivity index (χ1) is 21.4. The Kier molecular flexibility index (Phi) is 8.49. The molecule has 4 heterocycles. The molecule has 0 bridgehead atoms. The molecule has 3 aromatic rings. The van der Waals surface area contributed by atoms with Crippen molar-refractivity contribution < 1.29 is 9.59 Å². The molecule has 2 aromatic heterocycles. The molecule has 10 heteroatoms. The average Bonchev–Trinajstić information content (AvgIpc) is 3.49. The molecule has 6 rings (SSSR count). The van der Waals surface area contributed by atoms with Crippen molar-refractivity contribution in [3.63, 3.8) is 0 Å². The van der Waals surface area contributed by atoms with Gasteiger partial charge in [-0.25, -0.2) is 4.98 Å². The van der Waals surface area contributed by atoms with Gasteiger partial charge in [-0.05, 0) is 75.5 Å². The molecule has 2 saturated heterocycles. The summed E-state index contributed by atoms with van der Waals surface area (Å²) in [5, 5.41) is 10.8. The van der Waals surface area contributed by atoms with Crippen molar-refractivity contribution in [3.8, 4) is 6.07 Å². The number of hydrogen-bond donors (Lipinski definition) is 0. The van der Waals surface area contributed by atoms with Crippen LogP contribution < -0.4 is 9.80 Å². The van der Waals surface area contributed by atoms with Crippen molar-refractivity contribution in [1.82, 2.24) is 24.3 Å². The Morgan fingerprint density at radius 3 is 2.61 bits per heavy atom. The molecular weight excluding hydrogens is 552 g/mol. The van der Waals surface area contributed by atoms with Crippen LogP contribution >= 0.6 is 0 Å². The molecule has 10 nitrogen and oxygen atoms in total. The van der Waals surface area contributed by atoms with E-state index >= 15 is 0 Å². The Balaban J connectivity index is 1.41. The van der Waals surface area contributed by atoms with Gasteiger partial charge >= 0.3 is 0 Å². The molecule has 2 fully saturated rings. The number of piperidine rings is 1. The number of likely N-dealkylation sites (tertiary alicyclic amines) is 1. The van der Waals surface area contributed by atoms with Crippen LogP contribution in [0.15, 0.2) is 61.8 Å². The molecule has 2 amide bonds. The van der Waals surface area contributed by atoms with Crippen molar-refractivity contribution in [2.24, 2.45) is 0 Å². The van der Waals surface area contributed by atoms with Crippen molar-refractivity contribution in [2.75, 3.05) is 49.6 Å². The standard InChI is InChI=1S/C34H40N8O2/c1-4-31(43)41-21-20-39(23-27(41)12-16-35)33-28-11-10-26(40-19-13-24-8-6-7-9-30(24)40)22-29(28)36-34(37-33)42(32(44)5-2)25-14-17-38(3)18-15-25/h4-9,13,19,25-27H,1-2,10-12,14-15,17-18,20-23H2,3H3. The van der Waals surface area contributed by atoms with E-state index in [0.717, 1.165) is 62.3 Å². The Morgan fingerprint density at radius 2 is 1.86 bits per heavy atom. The third kappa shape index (κ3) is 5.60. The van der Waals surface area contributed by atoms with Gasteiger partial charge in [0.05, 0.1) is 24.2 Å². The summed E-state index contributed by atoms with van der Waals surface area (Å²) in [6.45, 7) is 10.8. The number of para-hydroxylation sites is 1. The first kappa shape index (κ1) is 29.6. The molecule has 0 saturated carbocycles. The molecule has 1 aromatic carbocycles. The molecular formula is C34H40N8O2. The summed E-state index contributed by atoms with van der Waals surface area (Å²) in [4.78, 5) is 44.3. The van der Waals surface area contributed by atoms with Gasteiger partial charge in [-0.3, -0.25) is 14.5 Å². The third-order valence-corrected chi connectivity index (χ3v) is 9.49. The van der Waals surface area contributed by atoms with Crippen molar-refractivity contribution in [3.05, 3.63) is 73.1 Å². The van der Waals surface area contributed by atoms with Crippen LogP contribution in [0.4, 0.5) is 11.8 Å². The fourth-order valence-electron chi connectivity index (χ4n) is 7.12. The van der Waals surface area contributed by atoms with Gasteiger partial charge in [0, 0.05) is 55.4 Å². The highest BCUT2D eigenvalue weighted by molar-refractivity contribution is 6.00. The lowest BCUT2D eigenvalue weighted by Crippen LogP contribution is -2.55. The summed E-state index contributed by atoms with van der Waals surface area (Å²) in [7, 11) is 2.10. The van der Waals surface area contributed by atoms with E-state index < -0.39 is 0 Å². The van der Waals surface area contributed by atoms with E-state index in [0.29, 0.717) is 25.6 Å². The van der Waals surface area contributed by atoms with Crippen LogP contribution in [0, 0.1) is 11.3 Å². The summed E-state index contributed by atoms with van der Waals surface area (Å²) in [6, 6.07) is 12.8. The maximum Gasteiger partial charge on any atom is 0.253 e. The molecule has 2 aliphatic heterocycles. The number of amides is 2. The van der Waals surface area contributed by atoms with Gasteiger partial charge < -0.3 is 19.3 Å². The highest BCUT2D eigenvalue weighted by Gasteiger charge is 2.36. The fraction of sp³-hybridized carbons (Fsp3) is 0.441. The maximum absolute atomic E-state index is 13.4. The molecule has 1 aliphatic carbocycles. The molecule has 3 aliphatic rings. The number of carbonyl (C=O) groups excluding carboxylic acids is 2. The summed E-state index contributed by atoms with van der Waals surface area (Å²) in [5.74, 6) is 0.863. The smallest absolute Gasteiger partial charge is 0.253 e. The van der Waals surface area contributed by atoms with Crippen molar-refractivity contribution in [2.45, 2.75) is 56.7 Å². The molecule has 228 valence electrons. The Morgan fingerprint density at radius 1 is 1.07 bits per heavy atom. The van der Waals surface area contributed by atoms with E-state index in [9.17, 15) is 14.9 Å². The normalized spacial score (nSPS) is 21.0. The van der Waals surface area contributed by atoms with E-state index in [-0.39, 0.29) is 36.4 Å².